The average molecular weight is 316 g/mol. The van der Waals surface area contributed by atoms with E-state index in [0.29, 0.717) is 6.61 Å². The smallest absolute Gasteiger partial charge is 0.0937 e. The molecule has 0 N–H and O–H groups in total. The zero-order valence-electron chi connectivity index (χ0n) is 14.0. The fourth-order valence-electron chi connectivity index (χ4n) is 4.22. The Morgan fingerprint density at radius 3 is 2.78 bits per heavy atom. The van der Waals surface area contributed by atoms with Crippen molar-refractivity contribution in [3.63, 3.8) is 0 Å². The Balaban J connectivity index is 1.17. The van der Waals surface area contributed by atoms with E-state index in [4.69, 9.17) is 9.47 Å². The Labute approximate surface area is 139 Å². The maximum absolute atomic E-state index is 6.17. The largest absolute Gasteiger partial charge is 0.377 e. The molecule has 1 saturated carbocycles. The normalized spacial score (nSPS) is 27.6. The fourth-order valence-corrected chi connectivity index (χ4v) is 4.22. The molecule has 0 radical (unpaired) electrons. The lowest BCUT2D eigenvalue weighted by atomic mass is 9.76. The molecule has 126 valence electrons. The van der Waals surface area contributed by atoms with E-state index in [1.165, 1.54) is 57.2 Å². The lowest BCUT2D eigenvalue weighted by Crippen LogP contribution is -2.68. The number of pyridine rings is 1. The molecule has 1 atom stereocenters. The van der Waals surface area contributed by atoms with Gasteiger partial charge in [-0.25, -0.2) is 0 Å². The highest BCUT2D eigenvalue weighted by Gasteiger charge is 2.49. The van der Waals surface area contributed by atoms with Gasteiger partial charge in [0.2, 0.25) is 0 Å². The second-order valence-corrected chi connectivity index (χ2v) is 7.58. The van der Waals surface area contributed by atoms with Crippen molar-refractivity contribution in [3.05, 3.63) is 30.1 Å². The quantitative estimate of drug-likeness (QED) is 0.756. The fraction of sp³-hybridized carbons (Fsp3) is 0.737. The lowest BCUT2D eigenvalue weighted by Gasteiger charge is -2.57. The maximum atomic E-state index is 6.17. The first-order valence-corrected chi connectivity index (χ1v) is 9.18. The van der Waals surface area contributed by atoms with Gasteiger partial charge >= 0.3 is 0 Å². The Hall–Kier alpha value is -0.970. The van der Waals surface area contributed by atoms with Crippen molar-refractivity contribution in [1.29, 1.82) is 0 Å². The van der Waals surface area contributed by atoms with Crippen molar-refractivity contribution in [2.24, 2.45) is 5.92 Å². The van der Waals surface area contributed by atoms with E-state index >= 15 is 0 Å². The van der Waals surface area contributed by atoms with Gasteiger partial charge in [-0.05, 0) is 55.7 Å². The Bertz CT molecular complexity index is 497. The SMILES string of the molecule is c1cc(COCC[C@H]2CCOC3(C2)CN(C2CCC2)C3)ccn1. The second kappa shape index (κ2) is 6.88. The molecule has 23 heavy (non-hydrogen) atoms. The van der Waals surface area contributed by atoms with Crippen LogP contribution in [0.3, 0.4) is 0 Å². The molecule has 3 aliphatic rings. The molecule has 2 aliphatic heterocycles. The first kappa shape index (κ1) is 15.6. The summed E-state index contributed by atoms with van der Waals surface area (Å²) in [7, 11) is 0. The zero-order chi connectivity index (χ0) is 15.5. The summed E-state index contributed by atoms with van der Waals surface area (Å²) in [5, 5.41) is 0. The molecule has 0 bridgehead atoms. The van der Waals surface area contributed by atoms with Crippen LogP contribution in [0, 0.1) is 5.92 Å². The first-order chi connectivity index (χ1) is 11.3. The van der Waals surface area contributed by atoms with Gasteiger partial charge < -0.3 is 9.47 Å². The lowest BCUT2D eigenvalue weighted by molar-refractivity contribution is -0.195. The standard InChI is InChI=1S/C19H28N2O2/c1-2-18(3-1)21-14-19(15-21)12-16(7-11-23-19)6-10-22-13-17-4-8-20-9-5-17/h4-5,8-9,16,18H,1-3,6-7,10-15H2/t16-/m0/s1. The molecule has 1 spiro atoms. The van der Waals surface area contributed by atoms with Crippen LogP contribution < -0.4 is 0 Å². The molecule has 1 aromatic heterocycles. The number of ether oxygens (including phenoxy) is 2. The number of hydrogen-bond donors (Lipinski definition) is 0. The monoisotopic (exact) mass is 316 g/mol. The molecule has 4 nitrogen and oxygen atoms in total. The van der Waals surface area contributed by atoms with Crippen LogP contribution in [0.5, 0.6) is 0 Å². The minimum atomic E-state index is 0.184. The number of rotatable bonds is 6. The van der Waals surface area contributed by atoms with Crippen LogP contribution in [0.15, 0.2) is 24.5 Å². The van der Waals surface area contributed by atoms with Crippen LogP contribution in [0.1, 0.15) is 44.1 Å². The minimum Gasteiger partial charge on any atom is -0.377 e. The van der Waals surface area contributed by atoms with Crippen molar-refractivity contribution in [2.75, 3.05) is 26.3 Å². The van der Waals surface area contributed by atoms with E-state index in [9.17, 15) is 0 Å². The maximum Gasteiger partial charge on any atom is 0.0937 e. The van der Waals surface area contributed by atoms with Gasteiger partial charge in [-0.2, -0.15) is 0 Å². The van der Waals surface area contributed by atoms with Crippen molar-refractivity contribution in [2.45, 2.75) is 56.8 Å². The topological polar surface area (TPSA) is 34.6 Å². The molecule has 0 unspecified atom stereocenters. The molecule has 1 aliphatic carbocycles. The molecule has 2 saturated heterocycles. The molecule has 4 rings (SSSR count). The molecule has 3 heterocycles. The van der Waals surface area contributed by atoms with Gasteiger partial charge in [0.15, 0.2) is 0 Å². The Morgan fingerprint density at radius 2 is 2.04 bits per heavy atom. The summed E-state index contributed by atoms with van der Waals surface area (Å²) in [6.45, 7) is 4.84. The summed E-state index contributed by atoms with van der Waals surface area (Å²) < 4.78 is 12.0. The molecular weight excluding hydrogens is 288 g/mol. The molecular formula is C19H28N2O2. The number of hydrogen-bond acceptors (Lipinski definition) is 4. The Kier molecular flexibility index (Phi) is 4.65. The van der Waals surface area contributed by atoms with Crippen LogP contribution in [0.2, 0.25) is 0 Å². The van der Waals surface area contributed by atoms with Gasteiger partial charge in [-0.3, -0.25) is 9.88 Å². The van der Waals surface area contributed by atoms with E-state index in [-0.39, 0.29) is 5.60 Å². The molecule has 4 heteroatoms. The van der Waals surface area contributed by atoms with E-state index in [1.54, 1.807) is 0 Å². The molecule has 0 aromatic carbocycles. The summed E-state index contributed by atoms with van der Waals surface area (Å²) in [5.74, 6) is 0.768. The van der Waals surface area contributed by atoms with Crippen molar-refractivity contribution < 1.29 is 9.47 Å². The summed E-state index contributed by atoms with van der Waals surface area (Å²) in [4.78, 5) is 6.68. The highest BCUT2D eigenvalue weighted by atomic mass is 16.5. The number of likely N-dealkylation sites (tertiary alicyclic amines) is 1. The zero-order valence-corrected chi connectivity index (χ0v) is 14.0. The van der Waals surface area contributed by atoms with Crippen molar-refractivity contribution in [1.82, 2.24) is 9.88 Å². The van der Waals surface area contributed by atoms with E-state index < -0.39 is 0 Å². The van der Waals surface area contributed by atoms with Gasteiger partial charge in [-0.1, -0.05) is 6.42 Å². The second-order valence-electron chi connectivity index (χ2n) is 7.58. The predicted octanol–water partition coefficient (Wildman–Crippen LogP) is 3.02. The van der Waals surface area contributed by atoms with Gasteiger partial charge in [-0.15, -0.1) is 0 Å². The number of aromatic nitrogens is 1. The van der Waals surface area contributed by atoms with E-state index in [1.807, 2.05) is 24.5 Å². The Morgan fingerprint density at radius 1 is 1.22 bits per heavy atom. The third kappa shape index (κ3) is 3.59. The van der Waals surface area contributed by atoms with Gasteiger partial charge in [0.1, 0.15) is 0 Å². The van der Waals surface area contributed by atoms with Crippen LogP contribution in [0.25, 0.3) is 0 Å². The van der Waals surface area contributed by atoms with Gasteiger partial charge in [0.25, 0.3) is 0 Å². The summed E-state index contributed by atoms with van der Waals surface area (Å²) in [5.41, 5.74) is 1.39. The molecule has 0 amide bonds. The van der Waals surface area contributed by atoms with Gasteiger partial charge in [0, 0.05) is 44.7 Å². The third-order valence-corrected chi connectivity index (χ3v) is 5.86. The predicted molar refractivity (Wildman–Crippen MR) is 89.1 cm³/mol. The van der Waals surface area contributed by atoms with E-state index in [0.717, 1.165) is 25.2 Å². The summed E-state index contributed by atoms with van der Waals surface area (Å²) >= 11 is 0. The van der Waals surface area contributed by atoms with Gasteiger partial charge in [0.05, 0.1) is 12.2 Å². The third-order valence-electron chi connectivity index (χ3n) is 5.86. The van der Waals surface area contributed by atoms with Crippen LogP contribution in [0.4, 0.5) is 0 Å². The molecule has 1 aromatic rings. The highest BCUT2D eigenvalue weighted by Crippen LogP contribution is 2.41. The average Bonchev–Trinajstić information content (AvgIpc) is 2.50. The van der Waals surface area contributed by atoms with Crippen molar-refractivity contribution in [3.8, 4) is 0 Å². The van der Waals surface area contributed by atoms with E-state index in [2.05, 4.69) is 9.88 Å². The first-order valence-electron chi connectivity index (χ1n) is 9.18. The molecule has 3 fully saturated rings. The van der Waals surface area contributed by atoms with Crippen LogP contribution in [-0.4, -0.2) is 47.8 Å². The number of nitrogens with zero attached hydrogens (tertiary/aromatic N) is 2. The minimum absolute atomic E-state index is 0.184. The van der Waals surface area contributed by atoms with Crippen molar-refractivity contribution >= 4 is 0 Å². The highest BCUT2D eigenvalue weighted by molar-refractivity contribution is 5.08. The van der Waals surface area contributed by atoms with Crippen LogP contribution >= 0.6 is 0 Å². The van der Waals surface area contributed by atoms with Crippen LogP contribution in [-0.2, 0) is 16.1 Å². The summed E-state index contributed by atoms with van der Waals surface area (Å²) in [6.07, 6.45) is 11.5. The summed E-state index contributed by atoms with van der Waals surface area (Å²) in [6, 6.07) is 4.91.